The molecule has 0 aliphatic carbocycles. The highest BCUT2D eigenvalue weighted by atomic mass is 79.9. The Morgan fingerprint density at radius 3 is 2.63 bits per heavy atom. The molecule has 1 rings (SSSR count). The average molecular weight is 330 g/mol. The van der Waals surface area contributed by atoms with Crippen LogP contribution in [0.2, 0.25) is 0 Å². The molecule has 0 saturated heterocycles. The van der Waals surface area contributed by atoms with Crippen LogP contribution in [0.4, 0.5) is 5.69 Å². The number of hydrogen-bond acceptors (Lipinski definition) is 3. The van der Waals surface area contributed by atoms with Crippen molar-refractivity contribution in [3.8, 4) is 0 Å². The van der Waals surface area contributed by atoms with E-state index in [4.69, 9.17) is 0 Å². The third-order valence-corrected chi connectivity index (χ3v) is 4.48. The van der Waals surface area contributed by atoms with Crippen LogP contribution in [-0.4, -0.2) is 16.3 Å². The van der Waals surface area contributed by atoms with Gasteiger partial charge >= 0.3 is 0 Å². The molecule has 1 aromatic heterocycles. The number of aromatic nitrogens is 2. The van der Waals surface area contributed by atoms with Gasteiger partial charge in [0.25, 0.3) is 5.56 Å². The molecule has 1 heterocycles. The van der Waals surface area contributed by atoms with Gasteiger partial charge in [-0.25, -0.2) is 4.68 Å². The van der Waals surface area contributed by atoms with Gasteiger partial charge in [-0.3, -0.25) is 4.79 Å². The largest absolute Gasteiger partial charge is 0.382 e. The summed E-state index contributed by atoms with van der Waals surface area (Å²) in [4.78, 5) is 12.1. The predicted octanol–water partition coefficient (Wildman–Crippen LogP) is 3.51. The summed E-state index contributed by atoms with van der Waals surface area (Å²) in [5.41, 5.74) is 0.859. The van der Waals surface area contributed by atoms with Crippen molar-refractivity contribution < 1.29 is 0 Å². The zero-order valence-corrected chi connectivity index (χ0v) is 14.0. The van der Waals surface area contributed by atoms with Crippen molar-refractivity contribution in [1.82, 2.24) is 9.78 Å². The first kappa shape index (κ1) is 16.2. The Bertz CT molecular complexity index is 480. The highest BCUT2D eigenvalue weighted by Gasteiger charge is 2.22. The van der Waals surface area contributed by atoms with E-state index >= 15 is 0 Å². The van der Waals surface area contributed by atoms with Crippen LogP contribution in [0, 0.1) is 11.3 Å². The summed E-state index contributed by atoms with van der Waals surface area (Å²) in [5, 5.41) is 7.51. The molecule has 0 amide bonds. The molecule has 0 aromatic carbocycles. The third kappa shape index (κ3) is 4.06. The minimum atomic E-state index is -0.0748. The topological polar surface area (TPSA) is 46.9 Å². The summed E-state index contributed by atoms with van der Waals surface area (Å²) in [6, 6.07) is 0. The molecule has 4 nitrogen and oxygen atoms in total. The summed E-state index contributed by atoms with van der Waals surface area (Å²) in [6.45, 7) is 12.3. The second-order valence-electron chi connectivity index (χ2n) is 5.90. The van der Waals surface area contributed by atoms with Gasteiger partial charge in [-0.2, -0.15) is 5.10 Å². The molecule has 0 atom stereocenters. The van der Waals surface area contributed by atoms with E-state index in [1.807, 2.05) is 6.92 Å². The van der Waals surface area contributed by atoms with Gasteiger partial charge in [0.2, 0.25) is 0 Å². The molecule has 0 saturated carbocycles. The van der Waals surface area contributed by atoms with E-state index in [2.05, 4.69) is 54.0 Å². The SMILES string of the molecule is CCCn1ncc(NCC(C)(C)C(C)C)c(Br)c1=O. The van der Waals surface area contributed by atoms with Gasteiger partial charge in [0.1, 0.15) is 4.47 Å². The number of nitrogens with one attached hydrogen (secondary N) is 1. The number of aryl methyl sites for hydroxylation is 1. The fourth-order valence-electron chi connectivity index (χ4n) is 1.49. The van der Waals surface area contributed by atoms with Gasteiger partial charge in [0.05, 0.1) is 11.9 Å². The van der Waals surface area contributed by atoms with E-state index in [0.717, 1.165) is 18.7 Å². The van der Waals surface area contributed by atoms with Gasteiger partial charge in [0.15, 0.2) is 0 Å². The van der Waals surface area contributed by atoms with Crippen LogP contribution >= 0.6 is 15.9 Å². The van der Waals surface area contributed by atoms with Crippen molar-refractivity contribution in [2.45, 2.75) is 47.6 Å². The van der Waals surface area contributed by atoms with Gasteiger partial charge < -0.3 is 5.32 Å². The molecule has 0 unspecified atom stereocenters. The van der Waals surface area contributed by atoms with Crippen molar-refractivity contribution in [2.75, 3.05) is 11.9 Å². The van der Waals surface area contributed by atoms with Gasteiger partial charge in [0, 0.05) is 13.1 Å². The monoisotopic (exact) mass is 329 g/mol. The molecular formula is C14H24BrN3O. The molecule has 108 valence electrons. The van der Waals surface area contributed by atoms with Crippen molar-refractivity contribution in [3.63, 3.8) is 0 Å². The van der Waals surface area contributed by atoms with Crippen LogP contribution in [-0.2, 0) is 6.54 Å². The zero-order valence-electron chi connectivity index (χ0n) is 12.5. The third-order valence-electron chi connectivity index (χ3n) is 3.72. The minimum absolute atomic E-state index is 0.0748. The Labute approximate surface area is 123 Å². The first-order chi connectivity index (χ1) is 8.79. The normalized spacial score (nSPS) is 11.9. The Hall–Kier alpha value is -0.840. The highest BCUT2D eigenvalue weighted by Crippen LogP contribution is 2.27. The Balaban J connectivity index is 2.87. The zero-order chi connectivity index (χ0) is 14.6. The van der Waals surface area contributed by atoms with E-state index in [1.165, 1.54) is 4.68 Å². The minimum Gasteiger partial charge on any atom is -0.382 e. The van der Waals surface area contributed by atoms with Gasteiger partial charge in [-0.05, 0) is 33.7 Å². The summed E-state index contributed by atoms with van der Waals surface area (Å²) in [7, 11) is 0. The molecule has 0 aliphatic heterocycles. The molecular weight excluding hydrogens is 306 g/mol. The van der Waals surface area contributed by atoms with Crippen LogP contribution in [0.5, 0.6) is 0 Å². The van der Waals surface area contributed by atoms with Crippen LogP contribution in [0.25, 0.3) is 0 Å². The van der Waals surface area contributed by atoms with Crippen LogP contribution < -0.4 is 10.9 Å². The number of rotatable bonds is 6. The molecule has 0 radical (unpaired) electrons. The Morgan fingerprint density at radius 1 is 1.47 bits per heavy atom. The number of halogens is 1. The quantitative estimate of drug-likeness (QED) is 0.868. The molecule has 19 heavy (non-hydrogen) atoms. The van der Waals surface area contributed by atoms with E-state index in [1.54, 1.807) is 6.20 Å². The van der Waals surface area contributed by atoms with E-state index < -0.39 is 0 Å². The Kier molecular flexibility index (Phi) is 5.59. The highest BCUT2D eigenvalue weighted by molar-refractivity contribution is 9.10. The molecule has 0 bridgehead atoms. The standard InChI is InChI=1S/C14H24BrN3O/c1-6-7-18-13(19)12(15)11(8-17-18)16-9-14(4,5)10(2)3/h8,10,16H,6-7,9H2,1-5H3. The molecule has 0 spiro atoms. The van der Waals surface area contributed by atoms with Gasteiger partial charge in [-0.15, -0.1) is 0 Å². The maximum Gasteiger partial charge on any atom is 0.283 e. The maximum absolute atomic E-state index is 12.1. The predicted molar refractivity (Wildman–Crippen MR) is 83.6 cm³/mol. The van der Waals surface area contributed by atoms with Gasteiger partial charge in [-0.1, -0.05) is 34.6 Å². The Morgan fingerprint density at radius 2 is 2.11 bits per heavy atom. The van der Waals surface area contributed by atoms with Crippen molar-refractivity contribution in [2.24, 2.45) is 11.3 Å². The molecule has 1 N–H and O–H groups in total. The van der Waals surface area contributed by atoms with E-state index in [-0.39, 0.29) is 11.0 Å². The van der Waals surface area contributed by atoms with Crippen LogP contribution in [0.15, 0.2) is 15.5 Å². The molecule has 0 fully saturated rings. The lowest BCUT2D eigenvalue weighted by Crippen LogP contribution is -2.30. The molecule has 1 aromatic rings. The van der Waals surface area contributed by atoms with Crippen molar-refractivity contribution in [1.29, 1.82) is 0 Å². The van der Waals surface area contributed by atoms with Crippen LogP contribution in [0.1, 0.15) is 41.0 Å². The second kappa shape index (κ2) is 6.55. The van der Waals surface area contributed by atoms with Crippen LogP contribution in [0.3, 0.4) is 0 Å². The summed E-state index contributed by atoms with van der Waals surface area (Å²) < 4.78 is 2.05. The van der Waals surface area contributed by atoms with Crippen molar-refractivity contribution in [3.05, 3.63) is 21.0 Å². The first-order valence-electron chi connectivity index (χ1n) is 6.79. The number of nitrogens with zero attached hydrogens (tertiary/aromatic N) is 2. The van der Waals surface area contributed by atoms with Crippen molar-refractivity contribution >= 4 is 21.6 Å². The number of anilines is 1. The fourth-order valence-corrected chi connectivity index (χ4v) is 1.93. The fraction of sp³-hybridized carbons (Fsp3) is 0.714. The molecule has 0 aliphatic rings. The van der Waals surface area contributed by atoms with E-state index in [0.29, 0.717) is 16.9 Å². The summed E-state index contributed by atoms with van der Waals surface area (Å²) in [6.07, 6.45) is 2.62. The maximum atomic E-state index is 12.1. The second-order valence-corrected chi connectivity index (χ2v) is 6.69. The lowest BCUT2D eigenvalue weighted by atomic mass is 9.81. The average Bonchev–Trinajstić information content (AvgIpc) is 2.34. The molecule has 5 heteroatoms. The smallest absolute Gasteiger partial charge is 0.283 e. The summed E-state index contributed by atoms with van der Waals surface area (Å²) in [5.74, 6) is 0.562. The number of hydrogen-bond donors (Lipinski definition) is 1. The van der Waals surface area contributed by atoms with E-state index in [9.17, 15) is 4.79 Å². The lowest BCUT2D eigenvalue weighted by Gasteiger charge is -2.30. The lowest BCUT2D eigenvalue weighted by molar-refractivity contribution is 0.269. The first-order valence-corrected chi connectivity index (χ1v) is 7.58. The summed E-state index contributed by atoms with van der Waals surface area (Å²) >= 11 is 3.37.